The van der Waals surface area contributed by atoms with Crippen LogP contribution in [0.1, 0.15) is 40.0 Å². The van der Waals surface area contributed by atoms with E-state index < -0.39 is 5.79 Å². The zero-order chi connectivity index (χ0) is 11.6. The predicted octanol–water partition coefficient (Wildman–Crippen LogP) is 3.69. The smallest absolute Gasteiger partial charge is 0.171 e. The van der Waals surface area contributed by atoms with Crippen molar-refractivity contribution < 1.29 is 9.47 Å². The summed E-state index contributed by atoms with van der Waals surface area (Å²) in [6.07, 6.45) is 8.53. The lowest BCUT2D eigenvalue weighted by Crippen LogP contribution is -2.35. The Morgan fingerprint density at radius 1 is 1.13 bits per heavy atom. The van der Waals surface area contributed by atoms with Crippen LogP contribution < -0.4 is 0 Å². The van der Waals surface area contributed by atoms with Gasteiger partial charge in [0, 0.05) is 26.1 Å². The lowest BCUT2D eigenvalue weighted by molar-refractivity contribution is -0.234. The van der Waals surface area contributed by atoms with Crippen LogP contribution in [0.5, 0.6) is 0 Å². The third-order valence-electron chi connectivity index (χ3n) is 2.15. The van der Waals surface area contributed by atoms with Gasteiger partial charge in [0.1, 0.15) is 0 Å². The molecule has 0 N–H and O–H groups in total. The summed E-state index contributed by atoms with van der Waals surface area (Å²) in [5, 5.41) is 0. The van der Waals surface area contributed by atoms with E-state index >= 15 is 0 Å². The summed E-state index contributed by atoms with van der Waals surface area (Å²) in [5.41, 5.74) is 0. The van der Waals surface area contributed by atoms with Gasteiger partial charge in [0.25, 0.3) is 0 Å². The first kappa shape index (κ1) is 14.4. The summed E-state index contributed by atoms with van der Waals surface area (Å²) in [4.78, 5) is 0. The van der Waals surface area contributed by atoms with Crippen LogP contribution in [-0.2, 0) is 9.47 Å². The molecule has 0 atom stereocenters. The van der Waals surface area contributed by atoms with Gasteiger partial charge in [0.2, 0.25) is 0 Å². The van der Waals surface area contributed by atoms with Gasteiger partial charge < -0.3 is 9.47 Å². The standard InChI is InChI=1S/C13H24O2/c1-5-9-10-12-13(11-6-2,14-7-3)15-8-4/h5,9-10H,1,6-8,11-12H2,2-4H3. The van der Waals surface area contributed by atoms with E-state index in [0.717, 1.165) is 19.3 Å². The lowest BCUT2D eigenvalue weighted by Gasteiger charge is -2.32. The SMILES string of the molecule is C=CC=CCC(CCC)(OCC)OCC. The highest BCUT2D eigenvalue weighted by Crippen LogP contribution is 2.25. The maximum atomic E-state index is 5.75. The van der Waals surface area contributed by atoms with Crippen molar-refractivity contribution in [3.8, 4) is 0 Å². The maximum Gasteiger partial charge on any atom is 0.171 e. The van der Waals surface area contributed by atoms with Gasteiger partial charge in [-0.2, -0.15) is 0 Å². The topological polar surface area (TPSA) is 18.5 Å². The van der Waals surface area contributed by atoms with E-state index in [-0.39, 0.29) is 0 Å². The second-order valence-electron chi connectivity index (χ2n) is 3.39. The Hall–Kier alpha value is -0.600. The van der Waals surface area contributed by atoms with Crippen LogP contribution in [0.25, 0.3) is 0 Å². The van der Waals surface area contributed by atoms with Gasteiger partial charge in [0.05, 0.1) is 0 Å². The Kier molecular flexibility index (Phi) is 8.34. The van der Waals surface area contributed by atoms with E-state index in [1.807, 2.05) is 26.0 Å². The van der Waals surface area contributed by atoms with Gasteiger partial charge in [-0.05, 0) is 13.8 Å². The average Bonchev–Trinajstić information content (AvgIpc) is 2.19. The van der Waals surface area contributed by atoms with Crippen LogP contribution in [-0.4, -0.2) is 19.0 Å². The quantitative estimate of drug-likeness (QED) is 0.428. The summed E-state index contributed by atoms with van der Waals surface area (Å²) >= 11 is 0. The molecule has 0 unspecified atom stereocenters. The minimum absolute atomic E-state index is 0.433. The van der Waals surface area contributed by atoms with Crippen molar-refractivity contribution in [3.63, 3.8) is 0 Å². The number of ether oxygens (including phenoxy) is 2. The summed E-state index contributed by atoms with van der Waals surface area (Å²) in [6.45, 7) is 11.2. The number of allylic oxidation sites excluding steroid dienone is 2. The predicted molar refractivity (Wildman–Crippen MR) is 64.8 cm³/mol. The molecule has 0 bridgehead atoms. The second-order valence-corrected chi connectivity index (χ2v) is 3.39. The molecule has 88 valence electrons. The van der Waals surface area contributed by atoms with E-state index in [4.69, 9.17) is 9.47 Å². The molecule has 2 nitrogen and oxygen atoms in total. The molecule has 0 saturated carbocycles. The highest BCUT2D eigenvalue weighted by Gasteiger charge is 2.28. The van der Waals surface area contributed by atoms with Crippen LogP contribution in [0.4, 0.5) is 0 Å². The van der Waals surface area contributed by atoms with Crippen molar-refractivity contribution in [1.29, 1.82) is 0 Å². The Balaban J connectivity index is 4.44. The van der Waals surface area contributed by atoms with E-state index in [1.54, 1.807) is 6.08 Å². The van der Waals surface area contributed by atoms with E-state index in [0.29, 0.717) is 13.2 Å². The van der Waals surface area contributed by atoms with Gasteiger partial charge in [0.15, 0.2) is 5.79 Å². The van der Waals surface area contributed by atoms with Crippen LogP contribution in [0.3, 0.4) is 0 Å². The molecule has 0 amide bonds. The molecule has 15 heavy (non-hydrogen) atoms. The molecule has 0 radical (unpaired) electrons. The first-order chi connectivity index (χ1) is 7.24. The van der Waals surface area contributed by atoms with Gasteiger partial charge >= 0.3 is 0 Å². The molecule has 0 heterocycles. The minimum atomic E-state index is -0.433. The molecular formula is C13H24O2. The summed E-state index contributed by atoms with van der Waals surface area (Å²) in [5.74, 6) is -0.433. The fourth-order valence-corrected chi connectivity index (χ4v) is 1.66. The average molecular weight is 212 g/mol. The Morgan fingerprint density at radius 2 is 1.73 bits per heavy atom. The molecule has 0 aliphatic heterocycles. The monoisotopic (exact) mass is 212 g/mol. The molecule has 0 rings (SSSR count). The highest BCUT2D eigenvalue weighted by molar-refractivity contribution is 4.99. The van der Waals surface area contributed by atoms with E-state index in [2.05, 4.69) is 13.5 Å². The maximum absolute atomic E-state index is 5.75. The fraction of sp³-hybridized carbons (Fsp3) is 0.692. The number of hydrogen-bond donors (Lipinski definition) is 0. The van der Waals surface area contributed by atoms with Crippen molar-refractivity contribution in [3.05, 3.63) is 24.8 Å². The number of rotatable bonds is 9. The third kappa shape index (κ3) is 5.75. The molecule has 0 aromatic carbocycles. The Labute approximate surface area is 94.0 Å². The second kappa shape index (κ2) is 8.69. The van der Waals surface area contributed by atoms with Crippen LogP contribution in [0.15, 0.2) is 24.8 Å². The van der Waals surface area contributed by atoms with Gasteiger partial charge in [-0.3, -0.25) is 0 Å². The molecule has 0 saturated heterocycles. The normalized spacial score (nSPS) is 12.2. The lowest BCUT2D eigenvalue weighted by atomic mass is 10.1. The van der Waals surface area contributed by atoms with Gasteiger partial charge in [-0.1, -0.05) is 38.2 Å². The first-order valence-corrected chi connectivity index (χ1v) is 5.80. The van der Waals surface area contributed by atoms with Crippen molar-refractivity contribution in [2.75, 3.05) is 13.2 Å². The van der Waals surface area contributed by atoms with Crippen LogP contribution >= 0.6 is 0 Å². The van der Waals surface area contributed by atoms with Crippen molar-refractivity contribution >= 4 is 0 Å². The van der Waals surface area contributed by atoms with Crippen molar-refractivity contribution in [2.45, 2.75) is 45.8 Å². The molecular weight excluding hydrogens is 188 g/mol. The zero-order valence-electron chi connectivity index (χ0n) is 10.3. The molecule has 0 aliphatic carbocycles. The summed E-state index contributed by atoms with van der Waals surface area (Å²) in [6, 6.07) is 0. The largest absolute Gasteiger partial charge is 0.350 e. The molecule has 2 heteroatoms. The Bertz CT molecular complexity index is 168. The summed E-state index contributed by atoms with van der Waals surface area (Å²) < 4.78 is 11.5. The molecule has 0 fully saturated rings. The molecule has 0 aromatic heterocycles. The van der Waals surface area contributed by atoms with Crippen LogP contribution in [0, 0.1) is 0 Å². The van der Waals surface area contributed by atoms with Gasteiger partial charge in [-0.15, -0.1) is 0 Å². The zero-order valence-corrected chi connectivity index (χ0v) is 10.3. The van der Waals surface area contributed by atoms with Crippen molar-refractivity contribution in [1.82, 2.24) is 0 Å². The Morgan fingerprint density at radius 3 is 2.13 bits per heavy atom. The van der Waals surface area contributed by atoms with E-state index in [9.17, 15) is 0 Å². The minimum Gasteiger partial charge on any atom is -0.350 e. The van der Waals surface area contributed by atoms with Gasteiger partial charge in [-0.25, -0.2) is 0 Å². The molecule has 0 spiro atoms. The fourth-order valence-electron chi connectivity index (χ4n) is 1.66. The summed E-state index contributed by atoms with van der Waals surface area (Å²) in [7, 11) is 0. The first-order valence-electron chi connectivity index (χ1n) is 5.80. The molecule has 0 aliphatic rings. The third-order valence-corrected chi connectivity index (χ3v) is 2.15. The van der Waals surface area contributed by atoms with Crippen LogP contribution in [0.2, 0.25) is 0 Å². The van der Waals surface area contributed by atoms with E-state index in [1.165, 1.54) is 0 Å². The van der Waals surface area contributed by atoms with Crippen molar-refractivity contribution in [2.24, 2.45) is 0 Å². The number of hydrogen-bond acceptors (Lipinski definition) is 2. The highest BCUT2D eigenvalue weighted by atomic mass is 16.7. The molecule has 0 aromatic rings.